The van der Waals surface area contributed by atoms with Gasteiger partial charge in [-0.05, 0) is 55.3 Å². The molecule has 0 saturated heterocycles. The molecule has 0 saturated carbocycles. The van der Waals surface area contributed by atoms with Crippen molar-refractivity contribution < 1.29 is 14.3 Å². The SMILES string of the molecule is CCOc1ccccc1NCC(=O)Nc1ccc(NC(=O)CCc2ccccc2)cc1. The van der Waals surface area contributed by atoms with E-state index >= 15 is 0 Å². The summed E-state index contributed by atoms with van der Waals surface area (Å²) in [5.74, 6) is 0.494. The predicted octanol–water partition coefficient (Wildman–Crippen LogP) is 4.71. The molecule has 3 N–H and O–H groups in total. The van der Waals surface area contributed by atoms with Crippen molar-refractivity contribution in [3.63, 3.8) is 0 Å². The van der Waals surface area contributed by atoms with Gasteiger partial charge in [0.15, 0.2) is 0 Å². The van der Waals surface area contributed by atoms with Gasteiger partial charge in [-0.15, -0.1) is 0 Å². The molecule has 0 aliphatic rings. The van der Waals surface area contributed by atoms with Crippen molar-refractivity contribution in [2.75, 3.05) is 29.1 Å². The Morgan fingerprint density at radius 2 is 1.39 bits per heavy atom. The van der Waals surface area contributed by atoms with Gasteiger partial charge in [-0.25, -0.2) is 0 Å². The van der Waals surface area contributed by atoms with Gasteiger partial charge in [-0.2, -0.15) is 0 Å². The molecule has 160 valence electrons. The third kappa shape index (κ3) is 7.19. The van der Waals surface area contributed by atoms with Gasteiger partial charge >= 0.3 is 0 Å². The lowest BCUT2D eigenvalue weighted by Gasteiger charge is -2.12. The summed E-state index contributed by atoms with van der Waals surface area (Å²) in [6.45, 7) is 2.58. The number of ether oxygens (including phenoxy) is 1. The smallest absolute Gasteiger partial charge is 0.243 e. The molecule has 0 unspecified atom stereocenters. The first-order valence-corrected chi connectivity index (χ1v) is 10.3. The lowest BCUT2D eigenvalue weighted by molar-refractivity contribution is -0.116. The molecule has 0 spiro atoms. The van der Waals surface area contributed by atoms with Crippen LogP contribution in [0, 0.1) is 0 Å². The molecule has 0 aromatic heterocycles. The number of benzene rings is 3. The summed E-state index contributed by atoms with van der Waals surface area (Å²) in [6.07, 6.45) is 1.11. The summed E-state index contributed by atoms with van der Waals surface area (Å²) in [5, 5.41) is 8.80. The standard InChI is InChI=1S/C25H27N3O3/c1-2-31-23-11-7-6-10-22(23)26-18-25(30)28-21-15-13-20(14-16-21)27-24(29)17-12-19-8-4-3-5-9-19/h3-11,13-16,26H,2,12,17-18H2,1H3,(H,27,29)(H,28,30). The Labute approximate surface area is 182 Å². The molecule has 0 radical (unpaired) electrons. The molecule has 0 aliphatic carbocycles. The fourth-order valence-electron chi connectivity index (χ4n) is 3.04. The zero-order chi connectivity index (χ0) is 21.9. The first-order chi connectivity index (χ1) is 15.1. The van der Waals surface area contributed by atoms with E-state index in [0.29, 0.717) is 36.6 Å². The van der Waals surface area contributed by atoms with Crippen molar-refractivity contribution >= 4 is 28.9 Å². The average molecular weight is 418 g/mol. The Kier molecular flexibility index (Phi) is 8.05. The highest BCUT2D eigenvalue weighted by atomic mass is 16.5. The summed E-state index contributed by atoms with van der Waals surface area (Å²) in [5.41, 5.74) is 3.26. The van der Waals surface area contributed by atoms with Crippen molar-refractivity contribution in [3.8, 4) is 5.75 Å². The maximum Gasteiger partial charge on any atom is 0.243 e. The van der Waals surface area contributed by atoms with Gasteiger partial charge in [0.25, 0.3) is 0 Å². The Balaban J connectivity index is 1.44. The van der Waals surface area contributed by atoms with Crippen LogP contribution in [0.3, 0.4) is 0 Å². The number of nitrogens with one attached hydrogen (secondary N) is 3. The van der Waals surface area contributed by atoms with E-state index in [-0.39, 0.29) is 18.4 Å². The van der Waals surface area contributed by atoms with E-state index in [1.807, 2.05) is 61.5 Å². The molecule has 31 heavy (non-hydrogen) atoms. The number of carbonyl (C=O) groups is 2. The number of amides is 2. The Morgan fingerprint density at radius 1 is 0.774 bits per heavy atom. The summed E-state index contributed by atoms with van der Waals surface area (Å²) < 4.78 is 5.55. The van der Waals surface area contributed by atoms with E-state index in [1.165, 1.54) is 0 Å². The summed E-state index contributed by atoms with van der Waals surface area (Å²) in [4.78, 5) is 24.4. The molecule has 0 fully saturated rings. The molecule has 2 amide bonds. The zero-order valence-corrected chi connectivity index (χ0v) is 17.6. The topological polar surface area (TPSA) is 79.5 Å². The lowest BCUT2D eigenvalue weighted by Crippen LogP contribution is -2.22. The number of hydrogen-bond acceptors (Lipinski definition) is 4. The van der Waals surface area contributed by atoms with Gasteiger partial charge in [-0.1, -0.05) is 42.5 Å². The molecular formula is C25H27N3O3. The van der Waals surface area contributed by atoms with E-state index in [2.05, 4.69) is 16.0 Å². The monoisotopic (exact) mass is 417 g/mol. The highest BCUT2D eigenvalue weighted by Gasteiger charge is 2.07. The van der Waals surface area contributed by atoms with Crippen LogP contribution < -0.4 is 20.7 Å². The van der Waals surface area contributed by atoms with Crippen molar-refractivity contribution in [1.29, 1.82) is 0 Å². The minimum Gasteiger partial charge on any atom is -0.492 e. The molecule has 6 heteroatoms. The summed E-state index contributed by atoms with van der Waals surface area (Å²) >= 11 is 0. The number of aryl methyl sites for hydroxylation is 1. The normalized spacial score (nSPS) is 10.2. The van der Waals surface area contributed by atoms with Gasteiger partial charge < -0.3 is 20.7 Å². The number of rotatable bonds is 10. The Bertz CT molecular complexity index is 988. The minimum atomic E-state index is -0.175. The first-order valence-electron chi connectivity index (χ1n) is 10.3. The second-order valence-electron chi connectivity index (χ2n) is 6.94. The maximum absolute atomic E-state index is 12.3. The molecule has 6 nitrogen and oxygen atoms in total. The molecule has 3 aromatic rings. The fraction of sp³-hybridized carbons (Fsp3) is 0.200. The van der Waals surface area contributed by atoms with Gasteiger partial charge in [0.05, 0.1) is 18.8 Å². The van der Waals surface area contributed by atoms with Crippen LogP contribution in [-0.2, 0) is 16.0 Å². The average Bonchev–Trinajstić information content (AvgIpc) is 2.79. The van der Waals surface area contributed by atoms with Crippen LogP contribution in [-0.4, -0.2) is 25.0 Å². The highest BCUT2D eigenvalue weighted by Crippen LogP contribution is 2.23. The van der Waals surface area contributed by atoms with Gasteiger partial charge in [0.1, 0.15) is 5.75 Å². The number of hydrogen-bond donors (Lipinski definition) is 3. The summed E-state index contributed by atoms with van der Waals surface area (Å²) in [6, 6.07) is 24.5. The van der Waals surface area contributed by atoms with E-state index in [0.717, 1.165) is 11.3 Å². The number of carbonyl (C=O) groups excluding carboxylic acids is 2. The van der Waals surface area contributed by atoms with Crippen LogP contribution in [0.25, 0.3) is 0 Å². The first kappa shape index (κ1) is 21.9. The summed E-state index contributed by atoms with van der Waals surface area (Å²) in [7, 11) is 0. The van der Waals surface area contributed by atoms with Crippen LogP contribution in [0.5, 0.6) is 5.75 Å². The maximum atomic E-state index is 12.3. The van der Waals surface area contributed by atoms with E-state index in [4.69, 9.17) is 4.74 Å². The molecule has 0 atom stereocenters. The molecule has 3 aromatic carbocycles. The largest absolute Gasteiger partial charge is 0.492 e. The Morgan fingerprint density at radius 3 is 2.06 bits per heavy atom. The zero-order valence-electron chi connectivity index (χ0n) is 17.6. The molecular weight excluding hydrogens is 390 g/mol. The third-order valence-electron chi connectivity index (χ3n) is 4.56. The second kappa shape index (κ2) is 11.4. The van der Waals surface area contributed by atoms with Crippen molar-refractivity contribution in [3.05, 3.63) is 84.4 Å². The van der Waals surface area contributed by atoms with E-state index in [9.17, 15) is 9.59 Å². The number of anilines is 3. The van der Waals surface area contributed by atoms with Gasteiger partial charge in [-0.3, -0.25) is 9.59 Å². The second-order valence-corrected chi connectivity index (χ2v) is 6.94. The van der Waals surface area contributed by atoms with Crippen LogP contribution in [0.4, 0.5) is 17.1 Å². The molecule has 0 aliphatic heterocycles. The quantitative estimate of drug-likeness (QED) is 0.446. The van der Waals surface area contributed by atoms with E-state index < -0.39 is 0 Å². The highest BCUT2D eigenvalue weighted by molar-refractivity contribution is 5.95. The van der Waals surface area contributed by atoms with Crippen molar-refractivity contribution in [1.82, 2.24) is 0 Å². The van der Waals surface area contributed by atoms with Gasteiger partial charge in [0, 0.05) is 17.8 Å². The lowest BCUT2D eigenvalue weighted by atomic mass is 10.1. The predicted molar refractivity (Wildman–Crippen MR) is 125 cm³/mol. The van der Waals surface area contributed by atoms with Crippen LogP contribution in [0.2, 0.25) is 0 Å². The van der Waals surface area contributed by atoms with Crippen LogP contribution >= 0.6 is 0 Å². The van der Waals surface area contributed by atoms with Crippen molar-refractivity contribution in [2.24, 2.45) is 0 Å². The Hall–Kier alpha value is -3.80. The van der Waals surface area contributed by atoms with E-state index in [1.54, 1.807) is 24.3 Å². The van der Waals surface area contributed by atoms with Crippen LogP contribution in [0.15, 0.2) is 78.9 Å². The molecule has 0 bridgehead atoms. The number of para-hydroxylation sites is 2. The minimum absolute atomic E-state index is 0.0437. The molecule has 0 heterocycles. The molecule has 3 rings (SSSR count). The fourth-order valence-corrected chi connectivity index (χ4v) is 3.04. The van der Waals surface area contributed by atoms with Crippen molar-refractivity contribution in [2.45, 2.75) is 19.8 Å². The third-order valence-corrected chi connectivity index (χ3v) is 4.56. The van der Waals surface area contributed by atoms with Crippen LogP contribution in [0.1, 0.15) is 18.9 Å². The van der Waals surface area contributed by atoms with Gasteiger partial charge in [0.2, 0.25) is 11.8 Å².